The molecule has 2 fully saturated rings. The number of nitrogens with zero attached hydrogens (tertiary/aromatic N) is 1. The van der Waals surface area contributed by atoms with Crippen LogP contribution in [-0.2, 0) is 9.59 Å². The van der Waals surface area contributed by atoms with E-state index in [1.165, 1.54) is 6.42 Å². The minimum Gasteiger partial charge on any atom is -0.480 e. The van der Waals surface area contributed by atoms with Crippen LogP contribution in [0.15, 0.2) is 0 Å². The zero-order valence-electron chi connectivity index (χ0n) is 10.9. The topological polar surface area (TPSA) is 69.6 Å². The Morgan fingerprint density at radius 3 is 2.67 bits per heavy atom. The van der Waals surface area contributed by atoms with Crippen LogP contribution in [0.2, 0.25) is 0 Å². The van der Waals surface area contributed by atoms with Gasteiger partial charge in [-0.15, -0.1) is 0 Å². The minimum atomic E-state index is -0.950. The molecule has 102 valence electrons. The lowest BCUT2D eigenvalue weighted by Crippen LogP contribution is -2.50. The fourth-order valence-electron chi connectivity index (χ4n) is 2.74. The number of likely N-dealkylation sites (tertiary alicyclic amines) is 1. The quantitative estimate of drug-likeness (QED) is 0.767. The number of carboxylic acids is 1. The highest BCUT2D eigenvalue weighted by Gasteiger charge is 2.51. The highest BCUT2D eigenvalue weighted by molar-refractivity contribution is 5.90. The van der Waals surface area contributed by atoms with Crippen molar-refractivity contribution in [3.63, 3.8) is 0 Å². The molecule has 5 heteroatoms. The fourth-order valence-corrected chi connectivity index (χ4v) is 2.74. The number of rotatable bonds is 5. The molecule has 1 aliphatic carbocycles. The Balaban J connectivity index is 1.85. The van der Waals surface area contributed by atoms with Crippen LogP contribution in [0.4, 0.5) is 0 Å². The van der Waals surface area contributed by atoms with Gasteiger partial charge in [-0.25, -0.2) is 4.79 Å². The monoisotopic (exact) mass is 254 g/mol. The number of hydrogen-bond donors (Lipinski definition) is 2. The second-order valence-electron chi connectivity index (χ2n) is 5.46. The largest absolute Gasteiger partial charge is 0.480 e. The third-order valence-electron chi connectivity index (χ3n) is 4.11. The normalized spacial score (nSPS) is 26.6. The molecule has 1 amide bonds. The number of amides is 1. The molecule has 5 nitrogen and oxygen atoms in total. The van der Waals surface area contributed by atoms with Crippen LogP contribution in [0.25, 0.3) is 0 Å². The molecule has 0 radical (unpaired) electrons. The summed E-state index contributed by atoms with van der Waals surface area (Å²) < 4.78 is 0. The van der Waals surface area contributed by atoms with Gasteiger partial charge in [-0.2, -0.15) is 0 Å². The number of nitrogens with one attached hydrogen (secondary N) is 1. The molecule has 1 saturated heterocycles. The van der Waals surface area contributed by atoms with Crippen LogP contribution in [0, 0.1) is 0 Å². The number of carbonyl (C=O) groups excluding carboxylic acids is 1. The molecule has 18 heavy (non-hydrogen) atoms. The van der Waals surface area contributed by atoms with E-state index in [9.17, 15) is 9.59 Å². The summed E-state index contributed by atoms with van der Waals surface area (Å²) in [5, 5.41) is 11.7. The maximum atomic E-state index is 11.9. The number of carbonyl (C=O) groups is 2. The Labute approximate surface area is 108 Å². The molecule has 1 aliphatic heterocycles. The van der Waals surface area contributed by atoms with Gasteiger partial charge in [0.25, 0.3) is 0 Å². The van der Waals surface area contributed by atoms with Gasteiger partial charge < -0.3 is 10.4 Å². The zero-order chi connectivity index (χ0) is 13.2. The molecule has 0 aromatic rings. The van der Waals surface area contributed by atoms with Crippen LogP contribution in [0.5, 0.6) is 0 Å². The third kappa shape index (κ3) is 2.83. The first-order chi connectivity index (χ1) is 8.57. The Morgan fingerprint density at radius 2 is 2.11 bits per heavy atom. The number of piperidine rings is 1. The molecule has 2 rings (SSSR count). The van der Waals surface area contributed by atoms with Crippen LogP contribution in [0.1, 0.15) is 45.4 Å². The Bertz CT molecular complexity index is 339. The van der Waals surface area contributed by atoms with Crippen molar-refractivity contribution in [3.05, 3.63) is 0 Å². The lowest BCUT2D eigenvalue weighted by atomic mass is 10.00. The number of aliphatic carboxylic acids is 1. The first-order valence-corrected chi connectivity index (χ1v) is 6.86. The molecule has 1 saturated carbocycles. The van der Waals surface area contributed by atoms with Crippen molar-refractivity contribution in [2.45, 2.75) is 57.0 Å². The number of hydrogen-bond acceptors (Lipinski definition) is 3. The predicted octanol–water partition coefficient (Wildman–Crippen LogP) is 0.984. The first kappa shape index (κ1) is 13.3. The summed E-state index contributed by atoms with van der Waals surface area (Å²) in [6.45, 7) is 3.43. The van der Waals surface area contributed by atoms with Crippen LogP contribution in [-0.4, -0.2) is 46.6 Å². The smallest absolute Gasteiger partial charge is 0.329 e. The van der Waals surface area contributed by atoms with E-state index in [2.05, 4.69) is 17.1 Å². The van der Waals surface area contributed by atoms with E-state index in [4.69, 9.17) is 5.11 Å². The lowest BCUT2D eigenvalue weighted by molar-refractivity contribution is -0.143. The van der Waals surface area contributed by atoms with Crippen molar-refractivity contribution in [2.75, 3.05) is 13.1 Å². The summed E-state index contributed by atoms with van der Waals surface area (Å²) in [5.74, 6) is -1.04. The van der Waals surface area contributed by atoms with Crippen molar-refractivity contribution in [1.29, 1.82) is 0 Å². The van der Waals surface area contributed by atoms with Gasteiger partial charge in [-0.3, -0.25) is 9.69 Å². The molecular formula is C13H22N2O3. The molecule has 2 aliphatic rings. The van der Waals surface area contributed by atoms with Crippen molar-refractivity contribution < 1.29 is 14.7 Å². The van der Waals surface area contributed by atoms with E-state index >= 15 is 0 Å². The van der Waals surface area contributed by atoms with E-state index in [1.807, 2.05) is 0 Å². The van der Waals surface area contributed by atoms with Crippen LogP contribution in [0.3, 0.4) is 0 Å². The summed E-state index contributed by atoms with van der Waals surface area (Å²) in [5.41, 5.74) is -0.950. The maximum Gasteiger partial charge on any atom is 0.329 e. The van der Waals surface area contributed by atoms with Crippen LogP contribution >= 0.6 is 0 Å². The molecule has 0 spiro atoms. The van der Waals surface area contributed by atoms with E-state index < -0.39 is 11.5 Å². The summed E-state index contributed by atoms with van der Waals surface area (Å²) >= 11 is 0. The maximum absolute atomic E-state index is 11.9. The summed E-state index contributed by atoms with van der Waals surface area (Å²) in [4.78, 5) is 25.1. The van der Waals surface area contributed by atoms with E-state index in [0.717, 1.165) is 25.8 Å². The SMILES string of the molecule is CC[C@@H]1CCCCN1CC(=O)NC1(C(=O)O)CC1. The van der Waals surface area contributed by atoms with Gasteiger partial charge in [0.2, 0.25) is 5.91 Å². The van der Waals surface area contributed by atoms with E-state index in [1.54, 1.807) is 0 Å². The molecule has 0 bridgehead atoms. The minimum absolute atomic E-state index is 0.143. The second kappa shape index (κ2) is 5.26. The highest BCUT2D eigenvalue weighted by Crippen LogP contribution is 2.35. The molecular weight excluding hydrogens is 232 g/mol. The lowest BCUT2D eigenvalue weighted by Gasteiger charge is -2.34. The molecule has 1 heterocycles. The van der Waals surface area contributed by atoms with Gasteiger partial charge in [-0.05, 0) is 38.6 Å². The van der Waals surface area contributed by atoms with Gasteiger partial charge in [0.15, 0.2) is 0 Å². The highest BCUT2D eigenvalue weighted by atomic mass is 16.4. The van der Waals surface area contributed by atoms with Crippen molar-refractivity contribution >= 4 is 11.9 Å². The fraction of sp³-hybridized carbons (Fsp3) is 0.846. The Kier molecular flexibility index (Phi) is 3.90. The Morgan fingerprint density at radius 1 is 1.39 bits per heavy atom. The summed E-state index contributed by atoms with van der Waals surface area (Å²) in [6, 6.07) is 0.476. The van der Waals surface area contributed by atoms with Gasteiger partial charge in [0.1, 0.15) is 5.54 Å². The van der Waals surface area contributed by atoms with Crippen molar-refractivity contribution in [1.82, 2.24) is 10.2 Å². The zero-order valence-corrected chi connectivity index (χ0v) is 10.9. The van der Waals surface area contributed by atoms with Gasteiger partial charge in [0, 0.05) is 6.04 Å². The van der Waals surface area contributed by atoms with Gasteiger partial charge in [0.05, 0.1) is 6.54 Å². The molecule has 1 atom stereocenters. The van der Waals surface area contributed by atoms with Crippen molar-refractivity contribution in [3.8, 4) is 0 Å². The standard InChI is InChI=1S/C13H22N2O3/c1-2-10-5-3-4-8-15(10)9-11(16)14-13(6-7-13)12(17)18/h10H,2-9H2,1H3,(H,14,16)(H,17,18)/t10-/m1/s1. The molecule has 0 aromatic carbocycles. The Hall–Kier alpha value is -1.10. The van der Waals surface area contributed by atoms with Crippen LogP contribution < -0.4 is 5.32 Å². The number of carboxylic acid groups (broad SMARTS) is 1. The average Bonchev–Trinajstić information content (AvgIpc) is 3.10. The molecule has 2 N–H and O–H groups in total. The van der Waals surface area contributed by atoms with E-state index in [0.29, 0.717) is 25.4 Å². The molecule has 0 aromatic heterocycles. The van der Waals surface area contributed by atoms with E-state index in [-0.39, 0.29) is 5.91 Å². The van der Waals surface area contributed by atoms with Gasteiger partial charge >= 0.3 is 5.97 Å². The first-order valence-electron chi connectivity index (χ1n) is 6.86. The van der Waals surface area contributed by atoms with Crippen molar-refractivity contribution in [2.24, 2.45) is 0 Å². The second-order valence-corrected chi connectivity index (χ2v) is 5.46. The third-order valence-corrected chi connectivity index (χ3v) is 4.11. The summed E-state index contributed by atoms with van der Waals surface area (Å²) in [7, 11) is 0. The average molecular weight is 254 g/mol. The van der Waals surface area contributed by atoms with Gasteiger partial charge in [-0.1, -0.05) is 13.3 Å². The predicted molar refractivity (Wildman–Crippen MR) is 67.2 cm³/mol. The molecule has 0 unspecified atom stereocenters. The summed E-state index contributed by atoms with van der Waals surface area (Å²) in [6.07, 6.45) is 5.69.